The van der Waals surface area contributed by atoms with E-state index >= 15 is 0 Å². The van der Waals surface area contributed by atoms with Gasteiger partial charge in [0.25, 0.3) is 0 Å². The highest BCUT2D eigenvalue weighted by atomic mass is 35.5. The Morgan fingerprint density at radius 3 is 2.06 bits per heavy atom. The van der Waals surface area contributed by atoms with Crippen molar-refractivity contribution in [1.82, 2.24) is 0 Å². The Balaban J connectivity index is 2.09. The molecule has 0 fully saturated rings. The van der Waals surface area contributed by atoms with Crippen LogP contribution in [-0.2, 0) is 12.8 Å². The molecule has 0 radical (unpaired) electrons. The Morgan fingerprint density at radius 2 is 1.38 bits per heavy atom. The summed E-state index contributed by atoms with van der Waals surface area (Å²) in [7, 11) is 0. The van der Waals surface area contributed by atoms with Gasteiger partial charge in [-0.1, -0.05) is 48.0 Å². The molecule has 2 aromatic rings. The zero-order valence-corrected chi connectivity index (χ0v) is 9.54. The molecule has 0 heterocycles. The van der Waals surface area contributed by atoms with Gasteiger partial charge in [0.05, 0.1) is 0 Å². The van der Waals surface area contributed by atoms with E-state index in [-0.39, 0.29) is 5.82 Å². The lowest BCUT2D eigenvalue weighted by Gasteiger charge is -2.05. The second-order valence-electron chi connectivity index (χ2n) is 3.68. The highest BCUT2D eigenvalue weighted by Crippen LogP contribution is 2.18. The van der Waals surface area contributed by atoms with Crippen LogP contribution in [0.3, 0.4) is 0 Å². The molecule has 2 rings (SSSR count). The Hall–Kier alpha value is -1.34. The molecule has 0 saturated heterocycles. The number of halogens is 2. The lowest BCUT2D eigenvalue weighted by Crippen LogP contribution is -1.94. The molecule has 0 atom stereocenters. The summed E-state index contributed by atoms with van der Waals surface area (Å²) in [5.41, 5.74) is 1.80. The van der Waals surface area contributed by atoms with Gasteiger partial charge in [-0.25, -0.2) is 4.39 Å². The van der Waals surface area contributed by atoms with Gasteiger partial charge < -0.3 is 0 Å². The third kappa shape index (κ3) is 2.61. The average Bonchev–Trinajstić information content (AvgIpc) is 2.30. The molecule has 16 heavy (non-hydrogen) atoms. The van der Waals surface area contributed by atoms with Gasteiger partial charge >= 0.3 is 0 Å². The summed E-state index contributed by atoms with van der Waals surface area (Å²) in [6.45, 7) is 0. The first-order chi connectivity index (χ1) is 7.77. The first-order valence-corrected chi connectivity index (χ1v) is 5.62. The smallest absolute Gasteiger partial charge is 0.126 e. The van der Waals surface area contributed by atoms with Gasteiger partial charge in [-0.2, -0.15) is 0 Å². The van der Waals surface area contributed by atoms with Crippen LogP contribution in [0.1, 0.15) is 11.1 Å². The topological polar surface area (TPSA) is 0 Å². The molecule has 82 valence electrons. The van der Waals surface area contributed by atoms with Gasteiger partial charge in [-0.15, -0.1) is 0 Å². The molecule has 0 saturated carbocycles. The van der Waals surface area contributed by atoms with E-state index in [1.165, 1.54) is 6.07 Å². The van der Waals surface area contributed by atoms with Gasteiger partial charge in [-0.05, 0) is 36.1 Å². The maximum Gasteiger partial charge on any atom is 0.126 e. The molecule has 0 aliphatic heterocycles. The molecule has 2 heteroatoms. The van der Waals surface area contributed by atoms with E-state index < -0.39 is 0 Å². The summed E-state index contributed by atoms with van der Waals surface area (Å²) in [5.74, 6) is -0.144. The van der Waals surface area contributed by atoms with Crippen LogP contribution in [0.25, 0.3) is 0 Å². The molecular formula is C14H12ClF. The van der Waals surface area contributed by atoms with Crippen molar-refractivity contribution >= 4 is 11.6 Å². The maximum absolute atomic E-state index is 13.4. The zero-order chi connectivity index (χ0) is 11.4. The van der Waals surface area contributed by atoms with Crippen molar-refractivity contribution in [1.29, 1.82) is 0 Å². The minimum Gasteiger partial charge on any atom is -0.207 e. The largest absolute Gasteiger partial charge is 0.207 e. The van der Waals surface area contributed by atoms with Gasteiger partial charge in [0.2, 0.25) is 0 Å². The average molecular weight is 235 g/mol. The van der Waals surface area contributed by atoms with Gasteiger partial charge in [-0.3, -0.25) is 0 Å². The summed E-state index contributed by atoms with van der Waals surface area (Å²) in [6, 6.07) is 14.5. The van der Waals surface area contributed by atoms with Gasteiger partial charge in [0, 0.05) is 5.02 Å². The Morgan fingerprint density at radius 1 is 0.812 bits per heavy atom. The van der Waals surface area contributed by atoms with E-state index in [1.807, 2.05) is 36.4 Å². The minimum absolute atomic E-state index is 0.144. The molecule has 0 aliphatic rings. The van der Waals surface area contributed by atoms with Gasteiger partial charge in [0.1, 0.15) is 5.82 Å². The third-order valence-corrected chi connectivity index (χ3v) is 2.95. The molecule has 2 aromatic carbocycles. The first kappa shape index (κ1) is 11.2. The van der Waals surface area contributed by atoms with E-state index in [9.17, 15) is 4.39 Å². The van der Waals surface area contributed by atoms with Crippen molar-refractivity contribution in [3.8, 4) is 0 Å². The van der Waals surface area contributed by atoms with Crippen molar-refractivity contribution in [2.45, 2.75) is 12.8 Å². The van der Waals surface area contributed by atoms with Crippen LogP contribution in [0.4, 0.5) is 4.39 Å². The number of rotatable bonds is 3. The molecule has 0 bridgehead atoms. The molecule has 0 spiro atoms. The van der Waals surface area contributed by atoms with Crippen molar-refractivity contribution in [3.05, 3.63) is 70.5 Å². The van der Waals surface area contributed by atoms with Crippen molar-refractivity contribution < 1.29 is 4.39 Å². The summed E-state index contributed by atoms with van der Waals surface area (Å²) >= 11 is 6.04. The standard InChI is InChI=1S/C14H12ClF/c15-13-7-3-1-5-11(13)9-10-12-6-2-4-8-14(12)16/h1-8H,9-10H2. The Bertz CT molecular complexity index is 434. The third-order valence-electron chi connectivity index (χ3n) is 2.58. The summed E-state index contributed by atoms with van der Waals surface area (Å²) in [4.78, 5) is 0. The monoisotopic (exact) mass is 234 g/mol. The number of hydrogen-bond acceptors (Lipinski definition) is 0. The van der Waals surface area contributed by atoms with Crippen LogP contribution < -0.4 is 0 Å². The van der Waals surface area contributed by atoms with E-state index in [4.69, 9.17) is 11.6 Å². The van der Waals surface area contributed by atoms with E-state index in [0.717, 1.165) is 22.6 Å². The second kappa shape index (κ2) is 5.13. The fourth-order valence-electron chi connectivity index (χ4n) is 1.67. The SMILES string of the molecule is Fc1ccccc1CCc1ccccc1Cl. The quantitative estimate of drug-likeness (QED) is 0.744. The van der Waals surface area contributed by atoms with Crippen LogP contribution in [0, 0.1) is 5.82 Å². The highest BCUT2D eigenvalue weighted by molar-refractivity contribution is 6.31. The molecule has 0 N–H and O–H groups in total. The number of hydrogen-bond donors (Lipinski definition) is 0. The van der Waals surface area contributed by atoms with Crippen LogP contribution >= 0.6 is 11.6 Å². The molecule has 0 unspecified atom stereocenters. The maximum atomic E-state index is 13.4. The summed E-state index contributed by atoms with van der Waals surface area (Å²) < 4.78 is 13.4. The normalized spacial score (nSPS) is 10.4. The number of aryl methyl sites for hydroxylation is 2. The minimum atomic E-state index is -0.144. The second-order valence-corrected chi connectivity index (χ2v) is 4.09. The van der Waals surface area contributed by atoms with Crippen molar-refractivity contribution in [3.63, 3.8) is 0 Å². The fourth-order valence-corrected chi connectivity index (χ4v) is 1.90. The zero-order valence-electron chi connectivity index (χ0n) is 8.79. The lowest BCUT2D eigenvalue weighted by atomic mass is 10.0. The van der Waals surface area contributed by atoms with Crippen molar-refractivity contribution in [2.75, 3.05) is 0 Å². The molecule has 0 nitrogen and oxygen atoms in total. The molecule has 0 amide bonds. The number of benzene rings is 2. The van der Waals surface area contributed by atoms with Gasteiger partial charge in [0.15, 0.2) is 0 Å². The molecule has 0 aliphatic carbocycles. The van der Waals surface area contributed by atoms with Crippen LogP contribution in [0.5, 0.6) is 0 Å². The van der Waals surface area contributed by atoms with E-state index in [0.29, 0.717) is 6.42 Å². The predicted octanol–water partition coefficient (Wildman–Crippen LogP) is 4.26. The lowest BCUT2D eigenvalue weighted by molar-refractivity contribution is 0.608. The Kier molecular flexibility index (Phi) is 3.58. The van der Waals surface area contributed by atoms with Crippen molar-refractivity contribution in [2.24, 2.45) is 0 Å². The summed E-state index contributed by atoms with van der Waals surface area (Å²) in [6.07, 6.45) is 1.44. The van der Waals surface area contributed by atoms with E-state index in [1.54, 1.807) is 6.07 Å². The fraction of sp³-hybridized carbons (Fsp3) is 0.143. The first-order valence-electron chi connectivity index (χ1n) is 5.24. The highest BCUT2D eigenvalue weighted by Gasteiger charge is 2.03. The molecular weight excluding hydrogens is 223 g/mol. The Labute approximate surface area is 99.7 Å². The van der Waals surface area contributed by atoms with Crippen LogP contribution in [0.15, 0.2) is 48.5 Å². The predicted molar refractivity (Wildman–Crippen MR) is 65.3 cm³/mol. The van der Waals surface area contributed by atoms with Crippen LogP contribution in [-0.4, -0.2) is 0 Å². The van der Waals surface area contributed by atoms with Crippen LogP contribution in [0.2, 0.25) is 5.02 Å². The van der Waals surface area contributed by atoms with E-state index in [2.05, 4.69) is 0 Å². The summed E-state index contributed by atoms with van der Waals surface area (Å²) in [5, 5.41) is 0.749. The molecule has 0 aromatic heterocycles.